The molecule has 3 aromatic rings. The van der Waals surface area contributed by atoms with Gasteiger partial charge in [-0.3, -0.25) is 4.79 Å². The number of hydrogen-bond acceptors (Lipinski definition) is 5. The number of nitrogens with zero attached hydrogens (tertiary/aromatic N) is 3. The number of nitrogens with two attached hydrogens (primary N) is 1. The highest BCUT2D eigenvalue weighted by atomic mass is 35.5. The highest BCUT2D eigenvalue weighted by Gasteiger charge is 2.30. The standard InChI is InChI=1S/C13H10ClN5O.C6H10F2.C2H6.CH2O/c14-9-3-1-2-4-10(9)17-12(20)11-6-5-8-7-16-13(15)18-19(8)11;7-6(8)4-2-1-3-5-6;2*1-2/h1-7H,(H2,15,18)(H,17,20);1-5H2;1-2H3;1H2. The molecule has 1 aromatic carbocycles. The third-order valence-electron chi connectivity index (χ3n) is 4.36. The highest BCUT2D eigenvalue weighted by molar-refractivity contribution is 6.33. The van der Waals surface area contributed by atoms with Gasteiger partial charge in [0.05, 0.1) is 22.4 Å². The number of alkyl halides is 2. The molecule has 4 rings (SSSR count). The third-order valence-corrected chi connectivity index (χ3v) is 4.69. The van der Waals surface area contributed by atoms with Gasteiger partial charge >= 0.3 is 0 Å². The normalized spacial score (nSPS) is 13.9. The second kappa shape index (κ2) is 13.4. The van der Waals surface area contributed by atoms with Crippen LogP contribution in [0.5, 0.6) is 0 Å². The van der Waals surface area contributed by atoms with E-state index < -0.39 is 5.92 Å². The summed E-state index contributed by atoms with van der Waals surface area (Å²) in [4.78, 5) is 24.1. The topological polar surface area (TPSA) is 102 Å². The monoisotopic (exact) mass is 467 g/mol. The number of para-hydroxylation sites is 1. The molecule has 0 spiro atoms. The number of aromatic nitrogens is 3. The van der Waals surface area contributed by atoms with Gasteiger partial charge in [-0.05, 0) is 37.1 Å². The number of fused-ring (bicyclic) bond motifs is 1. The number of benzene rings is 1. The number of carbonyl (C=O) groups excluding carboxylic acids is 2. The lowest BCUT2D eigenvalue weighted by atomic mass is 9.97. The zero-order chi connectivity index (χ0) is 24.1. The van der Waals surface area contributed by atoms with Gasteiger partial charge in [-0.25, -0.2) is 18.3 Å². The van der Waals surface area contributed by atoms with Crippen molar-refractivity contribution in [2.24, 2.45) is 0 Å². The van der Waals surface area contributed by atoms with Crippen LogP contribution < -0.4 is 11.1 Å². The number of hydrogen-bond donors (Lipinski definition) is 2. The fourth-order valence-electron chi connectivity index (χ4n) is 2.90. The van der Waals surface area contributed by atoms with Crippen molar-refractivity contribution in [1.82, 2.24) is 14.6 Å². The maximum absolute atomic E-state index is 12.3. The first-order valence-electron chi connectivity index (χ1n) is 10.2. The van der Waals surface area contributed by atoms with Gasteiger partial charge in [-0.15, -0.1) is 5.10 Å². The molecule has 1 aliphatic carbocycles. The van der Waals surface area contributed by atoms with Crippen LogP contribution in [0.2, 0.25) is 5.02 Å². The van der Waals surface area contributed by atoms with E-state index in [1.807, 2.05) is 20.6 Å². The van der Waals surface area contributed by atoms with Gasteiger partial charge in [-0.1, -0.05) is 44.0 Å². The molecule has 10 heteroatoms. The van der Waals surface area contributed by atoms with E-state index in [1.54, 1.807) is 42.6 Å². The summed E-state index contributed by atoms with van der Waals surface area (Å²) in [5.74, 6) is -2.55. The fourth-order valence-corrected chi connectivity index (χ4v) is 3.09. The first-order chi connectivity index (χ1) is 15.4. The molecule has 0 saturated heterocycles. The van der Waals surface area contributed by atoms with Crippen molar-refractivity contribution in [3.8, 4) is 0 Å². The fraction of sp³-hybridized carbons (Fsp3) is 0.364. The average Bonchev–Trinajstić information content (AvgIpc) is 3.21. The van der Waals surface area contributed by atoms with E-state index in [2.05, 4.69) is 15.4 Å². The Morgan fingerprint density at radius 2 is 1.75 bits per heavy atom. The molecule has 0 unspecified atom stereocenters. The van der Waals surface area contributed by atoms with Crippen molar-refractivity contribution >= 4 is 41.4 Å². The van der Waals surface area contributed by atoms with Crippen LogP contribution in [-0.2, 0) is 4.79 Å². The molecule has 1 amide bonds. The number of nitrogen functional groups attached to an aromatic ring is 1. The summed E-state index contributed by atoms with van der Waals surface area (Å²) in [5, 5.41) is 7.21. The quantitative estimate of drug-likeness (QED) is 0.507. The Balaban J connectivity index is 0.000000357. The molecule has 2 aromatic heterocycles. The lowest BCUT2D eigenvalue weighted by Gasteiger charge is -2.20. The largest absolute Gasteiger partial charge is 0.367 e. The molecule has 0 atom stereocenters. The van der Waals surface area contributed by atoms with Gasteiger partial charge < -0.3 is 15.8 Å². The smallest absolute Gasteiger partial charge is 0.274 e. The molecule has 0 aliphatic heterocycles. The number of rotatable bonds is 2. The molecule has 0 bridgehead atoms. The first-order valence-corrected chi connectivity index (χ1v) is 10.6. The maximum atomic E-state index is 12.3. The number of anilines is 2. The Kier molecular flexibility index (Phi) is 11.3. The zero-order valence-electron chi connectivity index (χ0n) is 18.2. The van der Waals surface area contributed by atoms with Crippen molar-refractivity contribution < 1.29 is 18.4 Å². The molecule has 1 aliphatic rings. The van der Waals surface area contributed by atoms with Crippen LogP contribution in [0.1, 0.15) is 56.4 Å². The summed E-state index contributed by atoms with van der Waals surface area (Å²) >= 11 is 6.01. The van der Waals surface area contributed by atoms with Gasteiger partial charge in [0.1, 0.15) is 12.5 Å². The van der Waals surface area contributed by atoms with Crippen LogP contribution in [0.4, 0.5) is 20.4 Å². The van der Waals surface area contributed by atoms with Crippen molar-refractivity contribution in [2.75, 3.05) is 11.1 Å². The number of carbonyl (C=O) groups is 2. The summed E-state index contributed by atoms with van der Waals surface area (Å²) in [7, 11) is 0. The minimum Gasteiger partial charge on any atom is -0.367 e. The van der Waals surface area contributed by atoms with Crippen LogP contribution in [0.25, 0.3) is 5.52 Å². The van der Waals surface area contributed by atoms with Gasteiger partial charge in [0.2, 0.25) is 11.9 Å². The molecular formula is C22H28ClF2N5O2. The Bertz CT molecular complexity index is 989. The van der Waals surface area contributed by atoms with Crippen molar-refractivity contribution in [3.63, 3.8) is 0 Å². The van der Waals surface area contributed by atoms with Crippen LogP contribution in [0.15, 0.2) is 42.6 Å². The second-order valence-corrected chi connectivity index (χ2v) is 6.93. The predicted molar refractivity (Wildman–Crippen MR) is 123 cm³/mol. The SMILES string of the molecule is C=O.CC.FC1(F)CCCCC1.Nc1ncc2ccc(C(=O)Nc3ccccc3Cl)n2n1. The highest BCUT2D eigenvalue weighted by Crippen LogP contribution is 2.32. The minimum atomic E-state index is -2.32. The molecule has 3 N–H and O–H groups in total. The van der Waals surface area contributed by atoms with E-state index in [0.29, 0.717) is 34.8 Å². The molecule has 1 saturated carbocycles. The van der Waals surface area contributed by atoms with Crippen LogP contribution in [-0.4, -0.2) is 33.2 Å². The van der Waals surface area contributed by atoms with Gasteiger partial charge in [0.15, 0.2) is 0 Å². The van der Waals surface area contributed by atoms with Crippen molar-refractivity contribution in [3.05, 3.63) is 53.3 Å². The second-order valence-electron chi connectivity index (χ2n) is 6.52. The predicted octanol–water partition coefficient (Wildman–Crippen LogP) is 5.64. The lowest BCUT2D eigenvalue weighted by molar-refractivity contribution is -0.0980. The zero-order valence-corrected chi connectivity index (χ0v) is 18.9. The van der Waals surface area contributed by atoms with Crippen LogP contribution in [0, 0.1) is 0 Å². The van der Waals surface area contributed by atoms with Crippen LogP contribution in [0.3, 0.4) is 0 Å². The van der Waals surface area contributed by atoms with Crippen molar-refractivity contribution in [2.45, 2.75) is 51.9 Å². The lowest BCUT2D eigenvalue weighted by Crippen LogP contribution is -2.18. The summed E-state index contributed by atoms with van der Waals surface area (Å²) in [6.45, 7) is 6.00. The molecule has 1 fully saturated rings. The Morgan fingerprint density at radius 1 is 1.12 bits per heavy atom. The van der Waals surface area contributed by atoms with Crippen molar-refractivity contribution in [1.29, 1.82) is 0 Å². The maximum Gasteiger partial charge on any atom is 0.274 e. The average molecular weight is 468 g/mol. The number of amides is 1. The molecular weight excluding hydrogens is 440 g/mol. The molecule has 7 nitrogen and oxygen atoms in total. The van der Waals surface area contributed by atoms with E-state index in [9.17, 15) is 13.6 Å². The van der Waals surface area contributed by atoms with E-state index >= 15 is 0 Å². The Hall–Kier alpha value is -3.07. The van der Waals surface area contributed by atoms with E-state index in [1.165, 1.54) is 4.52 Å². The summed E-state index contributed by atoms with van der Waals surface area (Å²) in [5.41, 5.74) is 7.11. The Labute approximate surface area is 191 Å². The Morgan fingerprint density at radius 3 is 2.31 bits per heavy atom. The minimum absolute atomic E-state index is 0.0977. The van der Waals surface area contributed by atoms with E-state index in [0.717, 1.165) is 6.42 Å². The van der Waals surface area contributed by atoms with E-state index in [-0.39, 0.29) is 24.7 Å². The molecule has 32 heavy (non-hydrogen) atoms. The molecule has 2 heterocycles. The summed E-state index contributed by atoms with van der Waals surface area (Å²) < 4.78 is 25.8. The number of nitrogens with one attached hydrogen (secondary N) is 1. The van der Waals surface area contributed by atoms with Gasteiger partial charge in [0, 0.05) is 12.8 Å². The molecule has 174 valence electrons. The molecule has 0 radical (unpaired) electrons. The summed E-state index contributed by atoms with van der Waals surface area (Å²) in [6, 6.07) is 10.4. The van der Waals surface area contributed by atoms with Crippen LogP contribution >= 0.6 is 11.6 Å². The van der Waals surface area contributed by atoms with Gasteiger partial charge in [0.25, 0.3) is 5.91 Å². The first kappa shape index (κ1) is 27.0. The third kappa shape index (κ3) is 7.88. The van der Waals surface area contributed by atoms with E-state index in [4.69, 9.17) is 22.1 Å². The van der Waals surface area contributed by atoms with Gasteiger partial charge in [-0.2, -0.15) is 0 Å². The summed E-state index contributed by atoms with van der Waals surface area (Å²) in [6.07, 6.45) is 4.21. The number of halogens is 3.